The van der Waals surface area contributed by atoms with E-state index in [1.165, 1.54) is 43.9 Å². The van der Waals surface area contributed by atoms with Crippen molar-refractivity contribution in [2.24, 2.45) is 5.92 Å². The molecule has 4 nitrogen and oxygen atoms in total. The van der Waals surface area contributed by atoms with Gasteiger partial charge in [-0.2, -0.15) is 0 Å². The summed E-state index contributed by atoms with van der Waals surface area (Å²) in [6.07, 6.45) is 7.40. The molecule has 3 heterocycles. The monoisotopic (exact) mass is 234 g/mol. The molecule has 0 spiro atoms. The fraction of sp³-hybridized carbons (Fsp3) is 0.846. The van der Waals surface area contributed by atoms with Crippen molar-refractivity contribution >= 4 is 0 Å². The zero-order valence-electron chi connectivity index (χ0n) is 10.7. The largest absolute Gasteiger partial charge is 0.316 e. The zero-order valence-corrected chi connectivity index (χ0v) is 10.7. The van der Waals surface area contributed by atoms with Gasteiger partial charge in [0, 0.05) is 18.9 Å². The van der Waals surface area contributed by atoms with Crippen LogP contribution in [0.4, 0.5) is 0 Å². The van der Waals surface area contributed by atoms with Gasteiger partial charge >= 0.3 is 0 Å². The number of rotatable bonds is 2. The summed E-state index contributed by atoms with van der Waals surface area (Å²) in [7, 11) is 0. The molecule has 0 aromatic carbocycles. The van der Waals surface area contributed by atoms with Crippen molar-refractivity contribution in [3.05, 3.63) is 11.6 Å². The van der Waals surface area contributed by atoms with Crippen molar-refractivity contribution in [3.8, 4) is 0 Å². The van der Waals surface area contributed by atoms with Gasteiger partial charge in [-0.05, 0) is 51.6 Å². The average molecular weight is 234 g/mol. The molecule has 1 aromatic rings. The van der Waals surface area contributed by atoms with Crippen molar-refractivity contribution in [1.29, 1.82) is 0 Å². The van der Waals surface area contributed by atoms with Crippen LogP contribution in [0.5, 0.6) is 0 Å². The number of fused-ring (bicyclic) bond motifs is 1. The third-order valence-corrected chi connectivity index (χ3v) is 4.17. The Morgan fingerprint density at radius 2 is 2.24 bits per heavy atom. The molecule has 17 heavy (non-hydrogen) atoms. The molecular weight excluding hydrogens is 212 g/mol. The van der Waals surface area contributed by atoms with Crippen LogP contribution >= 0.6 is 0 Å². The number of nitrogens with zero attached hydrogens (tertiary/aromatic N) is 3. The Kier molecular flexibility index (Phi) is 3.14. The fourth-order valence-corrected chi connectivity index (χ4v) is 3.22. The first-order valence-electron chi connectivity index (χ1n) is 6.98. The van der Waals surface area contributed by atoms with E-state index in [2.05, 4.69) is 27.0 Å². The maximum atomic E-state index is 4.43. The number of aryl methyl sites for hydroxylation is 1. The molecule has 0 saturated carbocycles. The first-order chi connectivity index (χ1) is 8.34. The fourth-order valence-electron chi connectivity index (χ4n) is 3.22. The molecule has 2 unspecified atom stereocenters. The van der Waals surface area contributed by atoms with Crippen molar-refractivity contribution in [1.82, 2.24) is 20.1 Å². The van der Waals surface area contributed by atoms with Gasteiger partial charge in [0.15, 0.2) is 0 Å². The first-order valence-corrected chi connectivity index (χ1v) is 6.98. The van der Waals surface area contributed by atoms with E-state index >= 15 is 0 Å². The zero-order chi connectivity index (χ0) is 11.7. The van der Waals surface area contributed by atoms with E-state index in [0.717, 1.165) is 25.3 Å². The minimum absolute atomic E-state index is 0.597. The third-order valence-electron chi connectivity index (χ3n) is 4.17. The molecular formula is C13H22N4. The SMILES string of the molecule is CC1CCCc2nnc(CC3CCCNC3)n21. The van der Waals surface area contributed by atoms with E-state index < -0.39 is 0 Å². The van der Waals surface area contributed by atoms with Gasteiger partial charge in [-0.15, -0.1) is 10.2 Å². The van der Waals surface area contributed by atoms with E-state index in [1.54, 1.807) is 0 Å². The number of hydrogen-bond acceptors (Lipinski definition) is 3. The molecule has 1 N–H and O–H groups in total. The molecule has 94 valence electrons. The number of hydrogen-bond donors (Lipinski definition) is 1. The standard InChI is InChI=1S/C13H22N4/c1-10-4-2-6-12-15-16-13(17(10)12)8-11-5-3-7-14-9-11/h10-11,14H,2-9H2,1H3. The minimum atomic E-state index is 0.597. The summed E-state index contributed by atoms with van der Waals surface area (Å²) in [6.45, 7) is 4.63. The summed E-state index contributed by atoms with van der Waals surface area (Å²) in [5.41, 5.74) is 0. The summed E-state index contributed by atoms with van der Waals surface area (Å²) < 4.78 is 2.40. The molecule has 1 aromatic heterocycles. The Bertz CT molecular complexity index is 379. The van der Waals surface area contributed by atoms with Gasteiger partial charge < -0.3 is 9.88 Å². The summed E-state index contributed by atoms with van der Waals surface area (Å²) in [5.74, 6) is 3.19. The molecule has 0 aliphatic carbocycles. The quantitative estimate of drug-likeness (QED) is 0.847. The molecule has 1 fully saturated rings. The van der Waals surface area contributed by atoms with E-state index in [-0.39, 0.29) is 0 Å². The number of aromatic nitrogens is 3. The van der Waals surface area contributed by atoms with Crippen molar-refractivity contribution in [2.75, 3.05) is 13.1 Å². The van der Waals surface area contributed by atoms with Gasteiger partial charge in [0.05, 0.1) is 0 Å². The summed E-state index contributed by atoms with van der Waals surface area (Å²) >= 11 is 0. The molecule has 4 heteroatoms. The van der Waals surface area contributed by atoms with Crippen LogP contribution in [0, 0.1) is 5.92 Å². The van der Waals surface area contributed by atoms with Gasteiger partial charge in [0.1, 0.15) is 11.6 Å². The van der Waals surface area contributed by atoms with Crippen LogP contribution < -0.4 is 5.32 Å². The highest BCUT2D eigenvalue weighted by molar-refractivity contribution is 5.03. The predicted octanol–water partition coefficient (Wildman–Crippen LogP) is 1.72. The second-order valence-corrected chi connectivity index (χ2v) is 5.56. The van der Waals surface area contributed by atoms with Crippen LogP contribution in [-0.2, 0) is 12.8 Å². The Labute approximate surface area is 103 Å². The summed E-state index contributed by atoms with van der Waals surface area (Å²) in [5, 5.41) is 12.3. The van der Waals surface area contributed by atoms with Crippen LogP contribution in [-0.4, -0.2) is 27.9 Å². The van der Waals surface area contributed by atoms with Crippen LogP contribution in [0.2, 0.25) is 0 Å². The van der Waals surface area contributed by atoms with Gasteiger partial charge in [0.2, 0.25) is 0 Å². The molecule has 0 amide bonds. The van der Waals surface area contributed by atoms with E-state index in [1.807, 2.05) is 0 Å². The molecule has 2 aliphatic heterocycles. The lowest BCUT2D eigenvalue weighted by atomic mass is 9.95. The summed E-state index contributed by atoms with van der Waals surface area (Å²) in [4.78, 5) is 0. The van der Waals surface area contributed by atoms with E-state index in [4.69, 9.17) is 0 Å². The minimum Gasteiger partial charge on any atom is -0.316 e. The van der Waals surface area contributed by atoms with Crippen molar-refractivity contribution < 1.29 is 0 Å². The highest BCUT2D eigenvalue weighted by Gasteiger charge is 2.23. The molecule has 0 bridgehead atoms. The van der Waals surface area contributed by atoms with Crippen molar-refractivity contribution in [3.63, 3.8) is 0 Å². The predicted molar refractivity (Wildman–Crippen MR) is 67.0 cm³/mol. The molecule has 1 saturated heterocycles. The van der Waals surface area contributed by atoms with E-state index in [9.17, 15) is 0 Å². The second-order valence-electron chi connectivity index (χ2n) is 5.56. The van der Waals surface area contributed by atoms with Gasteiger partial charge in [-0.1, -0.05) is 0 Å². The lowest BCUT2D eigenvalue weighted by Crippen LogP contribution is -2.31. The second kappa shape index (κ2) is 4.77. The average Bonchev–Trinajstić information content (AvgIpc) is 2.75. The van der Waals surface area contributed by atoms with Crippen LogP contribution in [0.1, 0.15) is 50.3 Å². The van der Waals surface area contributed by atoms with Crippen LogP contribution in [0.15, 0.2) is 0 Å². The normalized spacial score (nSPS) is 29.0. The highest BCUT2D eigenvalue weighted by Crippen LogP contribution is 2.26. The maximum absolute atomic E-state index is 4.43. The maximum Gasteiger partial charge on any atom is 0.133 e. The third kappa shape index (κ3) is 2.23. The number of nitrogens with one attached hydrogen (secondary N) is 1. The Hall–Kier alpha value is -0.900. The Morgan fingerprint density at radius 1 is 1.29 bits per heavy atom. The van der Waals surface area contributed by atoms with Gasteiger partial charge in [-0.3, -0.25) is 0 Å². The van der Waals surface area contributed by atoms with Gasteiger partial charge in [0.25, 0.3) is 0 Å². The summed E-state index contributed by atoms with van der Waals surface area (Å²) in [6, 6.07) is 0.597. The van der Waals surface area contributed by atoms with E-state index in [0.29, 0.717) is 6.04 Å². The van der Waals surface area contributed by atoms with Crippen LogP contribution in [0.25, 0.3) is 0 Å². The lowest BCUT2D eigenvalue weighted by Gasteiger charge is -2.26. The highest BCUT2D eigenvalue weighted by atomic mass is 15.3. The smallest absolute Gasteiger partial charge is 0.133 e. The van der Waals surface area contributed by atoms with Crippen molar-refractivity contribution in [2.45, 2.75) is 51.5 Å². The first kappa shape index (κ1) is 11.2. The van der Waals surface area contributed by atoms with Gasteiger partial charge in [-0.25, -0.2) is 0 Å². The topological polar surface area (TPSA) is 42.7 Å². The molecule has 2 atom stereocenters. The Balaban J connectivity index is 1.76. The number of piperidine rings is 1. The molecule has 0 radical (unpaired) electrons. The lowest BCUT2D eigenvalue weighted by molar-refractivity contribution is 0.352. The Morgan fingerprint density at radius 3 is 3.06 bits per heavy atom. The molecule has 2 aliphatic rings. The molecule has 3 rings (SSSR count). The van der Waals surface area contributed by atoms with Crippen LogP contribution in [0.3, 0.4) is 0 Å².